The third-order valence-electron chi connectivity index (χ3n) is 9.57. The van der Waals surface area contributed by atoms with E-state index in [9.17, 15) is 54.3 Å². The molecule has 2 fully saturated rings. The Balaban J connectivity index is 1.17. The first-order valence-electron chi connectivity index (χ1n) is 18.4. The van der Waals surface area contributed by atoms with Gasteiger partial charge in [0.05, 0.1) is 20.8 Å². The summed E-state index contributed by atoms with van der Waals surface area (Å²) in [6, 6.07) is 14.5. The Morgan fingerprint density at radius 1 is 0.738 bits per heavy atom. The van der Waals surface area contributed by atoms with E-state index in [1.54, 1.807) is 0 Å². The molecule has 5 amide bonds. The van der Waals surface area contributed by atoms with Crippen LogP contribution in [0.3, 0.4) is 0 Å². The summed E-state index contributed by atoms with van der Waals surface area (Å²) in [7, 11) is 1.50. The van der Waals surface area contributed by atoms with E-state index in [0.717, 1.165) is 0 Å². The fourth-order valence-electron chi connectivity index (χ4n) is 6.22. The largest absolute Gasteiger partial charge is 0.445 e. The van der Waals surface area contributed by atoms with Gasteiger partial charge < -0.3 is 24.0 Å². The zero-order valence-corrected chi connectivity index (χ0v) is 33.2. The molecule has 2 aliphatic heterocycles. The van der Waals surface area contributed by atoms with Gasteiger partial charge in [-0.15, -0.1) is 0 Å². The molecule has 2 saturated heterocycles. The summed E-state index contributed by atoms with van der Waals surface area (Å²) in [5.41, 5.74) is 0.864. The predicted molar refractivity (Wildman–Crippen MR) is 214 cm³/mol. The molecule has 3 atom stereocenters. The lowest BCUT2D eigenvalue weighted by molar-refractivity contribution is -0.385. The van der Waals surface area contributed by atoms with Crippen LogP contribution in [0.2, 0.25) is 0 Å². The highest BCUT2D eigenvalue weighted by atomic mass is 32.1. The Labute approximate surface area is 351 Å². The molecule has 0 radical (unpaired) electrons. The van der Waals surface area contributed by atoms with Crippen LogP contribution in [0.1, 0.15) is 29.5 Å². The van der Waals surface area contributed by atoms with E-state index in [1.807, 2.05) is 0 Å². The molecule has 0 spiro atoms. The molecule has 2 aliphatic rings. The maximum absolute atomic E-state index is 13.7. The lowest BCUT2D eigenvalue weighted by Gasteiger charge is -2.28. The van der Waals surface area contributed by atoms with Gasteiger partial charge in [0.15, 0.2) is 0 Å². The van der Waals surface area contributed by atoms with Crippen LogP contribution in [0, 0.1) is 30.3 Å². The van der Waals surface area contributed by atoms with Crippen molar-refractivity contribution in [2.75, 3.05) is 33.2 Å². The number of hydrogen-bond donors (Lipinski definition) is 3. The number of nitro benzene ring substituents is 3. The first-order valence-corrected chi connectivity index (χ1v) is 18.9. The molecule has 3 aromatic carbocycles. The van der Waals surface area contributed by atoms with Crippen molar-refractivity contribution in [3.63, 3.8) is 0 Å². The molecule has 2 heterocycles. The number of carbonyl (C=O) groups is 5. The lowest BCUT2D eigenvalue weighted by Crippen LogP contribution is -2.48. The predicted octanol–water partition coefficient (Wildman–Crippen LogP) is 3.69. The molecule has 0 aliphatic carbocycles. The van der Waals surface area contributed by atoms with Crippen molar-refractivity contribution in [2.45, 2.75) is 50.0 Å². The number of nitrogens with one attached hydrogen (secondary N) is 2. The smallest absolute Gasteiger partial charge is 0.414 e. The Hall–Kier alpha value is -7.37. The van der Waals surface area contributed by atoms with E-state index < -0.39 is 63.5 Å². The number of nitro groups is 3. The fraction of sp³-hybridized carbons (Fsp3) is 0.351. The van der Waals surface area contributed by atoms with Crippen LogP contribution < -0.4 is 10.6 Å². The van der Waals surface area contributed by atoms with Crippen molar-refractivity contribution in [3.05, 3.63) is 120 Å². The summed E-state index contributed by atoms with van der Waals surface area (Å²) in [6.07, 6.45) is -2.34. The number of likely N-dealkylation sites (N-methyl/N-ethyl adjacent to an activating group) is 1. The number of guanidine groups is 1. The number of nitrogens with zero attached hydrogens (tertiary/aromatic N) is 7. The number of ether oxygens (including phenoxy) is 3. The van der Waals surface area contributed by atoms with Gasteiger partial charge in [-0.2, -0.15) is 12.6 Å². The monoisotopic (exact) mass is 865 g/mol. The summed E-state index contributed by atoms with van der Waals surface area (Å²) in [6.45, 7) is -0.886. The molecular formula is C37H39N9O14S. The molecule has 5 rings (SSSR count). The fourth-order valence-corrected chi connectivity index (χ4v) is 6.60. The van der Waals surface area contributed by atoms with E-state index >= 15 is 0 Å². The first-order chi connectivity index (χ1) is 29.1. The van der Waals surface area contributed by atoms with Crippen molar-refractivity contribution in [3.8, 4) is 0 Å². The van der Waals surface area contributed by atoms with E-state index in [4.69, 9.17) is 14.2 Å². The molecule has 3 aromatic rings. The number of non-ortho nitro benzene ring substituents is 3. The Kier molecular flexibility index (Phi) is 15.1. The van der Waals surface area contributed by atoms with Crippen LogP contribution in [0.5, 0.6) is 0 Å². The highest BCUT2D eigenvalue weighted by Gasteiger charge is 2.43. The molecule has 23 nitrogen and oxygen atoms in total. The topological polar surface area (TPSA) is 289 Å². The summed E-state index contributed by atoms with van der Waals surface area (Å²) in [4.78, 5) is 105. The first kappa shape index (κ1) is 44.7. The summed E-state index contributed by atoms with van der Waals surface area (Å²) < 4.78 is 15.7. The van der Waals surface area contributed by atoms with Crippen LogP contribution in [0.25, 0.3) is 0 Å². The van der Waals surface area contributed by atoms with Crippen LogP contribution in [0.15, 0.2) is 77.8 Å². The van der Waals surface area contributed by atoms with Gasteiger partial charge in [0.1, 0.15) is 32.4 Å². The van der Waals surface area contributed by atoms with Crippen molar-refractivity contribution in [1.82, 2.24) is 25.3 Å². The SMILES string of the molecule is CN(C(=O)CN=C(NC(=O)OCc1ccc([N+](=O)[O-])cc1)NC(=O)OCc1ccc([N+](=O)[O-])cc1)[C@H]1CCN(C(=O)[C@@H]2C[C@H](S)CN2C(=O)OCc2ccc([N+](=O)[O-])cc2)C1. The average Bonchev–Trinajstić information content (AvgIpc) is 3.90. The summed E-state index contributed by atoms with van der Waals surface area (Å²) in [5.74, 6) is -1.46. The van der Waals surface area contributed by atoms with Crippen molar-refractivity contribution < 1.29 is 53.0 Å². The van der Waals surface area contributed by atoms with Gasteiger partial charge in [-0.1, -0.05) is 0 Å². The highest BCUT2D eigenvalue weighted by Crippen LogP contribution is 2.27. The second kappa shape index (κ2) is 20.5. The van der Waals surface area contributed by atoms with Gasteiger partial charge in [0, 0.05) is 68.3 Å². The normalized spacial score (nSPS) is 16.8. The van der Waals surface area contributed by atoms with Crippen LogP contribution in [0.4, 0.5) is 31.4 Å². The number of likely N-dealkylation sites (tertiary alicyclic amines) is 2. The summed E-state index contributed by atoms with van der Waals surface area (Å²) >= 11 is 4.49. The van der Waals surface area contributed by atoms with E-state index in [1.165, 1.54) is 94.5 Å². The van der Waals surface area contributed by atoms with Crippen LogP contribution in [-0.2, 0) is 43.6 Å². The molecular weight excluding hydrogens is 827 g/mol. The molecule has 2 N–H and O–H groups in total. The zero-order valence-electron chi connectivity index (χ0n) is 32.3. The molecule has 322 valence electrons. The van der Waals surface area contributed by atoms with Gasteiger partial charge in [0.2, 0.25) is 17.8 Å². The number of aliphatic imine (C=N–C) groups is 1. The van der Waals surface area contributed by atoms with Crippen molar-refractivity contribution >= 4 is 65.7 Å². The number of hydrogen-bond acceptors (Lipinski definition) is 16. The Bertz CT molecular complexity index is 2100. The minimum atomic E-state index is -1.11. The lowest BCUT2D eigenvalue weighted by atomic mass is 10.2. The van der Waals surface area contributed by atoms with Gasteiger partial charge in [-0.25, -0.2) is 19.4 Å². The molecule has 0 unspecified atom stereocenters. The van der Waals surface area contributed by atoms with Crippen LogP contribution in [-0.4, -0.2) is 116 Å². The highest BCUT2D eigenvalue weighted by molar-refractivity contribution is 7.81. The second-order valence-electron chi connectivity index (χ2n) is 13.7. The van der Waals surface area contributed by atoms with E-state index in [2.05, 4.69) is 28.3 Å². The standard InChI is InChI=1S/C37H39N9O14S/c1-41(29-14-15-42(18-29)33(48)31-16-30(61)19-43(31)37(51)60-22-25-6-12-28(13-7-25)46(56)57)32(47)17-38-34(39-35(49)58-20-23-2-8-26(9-3-23)44(52)53)40-36(50)59-21-24-4-10-27(11-5-24)45(54)55/h2-13,29-31,61H,14-22H2,1H3,(H2,38,39,40,49,50)/t29-,30-,31-/m0/s1. The number of amides is 5. The zero-order chi connectivity index (χ0) is 44.2. The van der Waals surface area contributed by atoms with Crippen molar-refractivity contribution in [2.24, 2.45) is 4.99 Å². The van der Waals surface area contributed by atoms with Crippen LogP contribution >= 0.6 is 12.6 Å². The number of benzene rings is 3. The minimum Gasteiger partial charge on any atom is -0.445 e. The third-order valence-corrected chi connectivity index (χ3v) is 9.95. The van der Waals surface area contributed by atoms with Crippen molar-refractivity contribution in [1.29, 1.82) is 0 Å². The Morgan fingerprint density at radius 3 is 1.62 bits per heavy atom. The second-order valence-corrected chi connectivity index (χ2v) is 14.4. The third kappa shape index (κ3) is 12.6. The molecule has 61 heavy (non-hydrogen) atoms. The molecule has 24 heteroatoms. The quantitative estimate of drug-likeness (QED) is 0.0552. The van der Waals surface area contributed by atoms with Gasteiger partial charge >= 0.3 is 18.3 Å². The number of carbonyl (C=O) groups excluding carboxylic acids is 5. The maximum Gasteiger partial charge on any atom is 0.414 e. The number of rotatable bonds is 13. The van der Waals surface area contributed by atoms with E-state index in [0.29, 0.717) is 23.1 Å². The Morgan fingerprint density at radius 2 is 1.18 bits per heavy atom. The molecule has 0 saturated carbocycles. The van der Waals surface area contributed by atoms with Gasteiger partial charge in [-0.05, 0) is 65.9 Å². The van der Waals surface area contributed by atoms with Gasteiger partial charge in [0.25, 0.3) is 17.1 Å². The average molecular weight is 866 g/mol. The number of thiol groups is 1. The van der Waals surface area contributed by atoms with Gasteiger partial charge in [-0.3, -0.25) is 55.5 Å². The van der Waals surface area contributed by atoms with E-state index in [-0.39, 0.29) is 74.1 Å². The minimum absolute atomic E-state index is 0.116. The summed E-state index contributed by atoms with van der Waals surface area (Å²) in [5, 5.41) is 36.9. The number of alkyl carbamates (subject to hydrolysis) is 2. The molecule has 0 aromatic heterocycles. The maximum atomic E-state index is 13.7. The molecule has 0 bridgehead atoms.